The van der Waals surface area contributed by atoms with Crippen LogP contribution in [0.4, 0.5) is 0 Å². The van der Waals surface area contributed by atoms with Crippen LogP contribution in [0.2, 0.25) is 0 Å². The minimum absolute atomic E-state index is 0.523. The molecule has 0 aliphatic carbocycles. The molecule has 0 aromatic heterocycles. The lowest BCUT2D eigenvalue weighted by molar-refractivity contribution is 0.284. The zero-order valence-corrected chi connectivity index (χ0v) is 13.6. The fraction of sp³-hybridized carbons (Fsp3) is 0.294. The highest BCUT2D eigenvalue weighted by molar-refractivity contribution is 8.19. The molecule has 2 aromatic rings. The van der Waals surface area contributed by atoms with Gasteiger partial charge in [-0.05, 0) is 23.3 Å². The molecule has 0 N–H and O–H groups in total. The lowest BCUT2D eigenvalue weighted by Crippen LogP contribution is -1.98. The summed E-state index contributed by atoms with van der Waals surface area (Å²) in [4.78, 5) is 0. The van der Waals surface area contributed by atoms with Crippen molar-refractivity contribution in [2.24, 2.45) is 0 Å². The monoisotopic (exact) mass is 318 g/mol. The average Bonchev–Trinajstić information content (AvgIpc) is 3.08. The molecule has 1 heterocycles. The number of hydrogen-bond donors (Lipinski definition) is 0. The summed E-state index contributed by atoms with van der Waals surface area (Å²) in [5.74, 6) is 4.07. The third-order valence-electron chi connectivity index (χ3n) is 3.32. The van der Waals surface area contributed by atoms with E-state index >= 15 is 0 Å². The smallest absolute Gasteiger partial charge is 0.162 e. The molecule has 1 saturated heterocycles. The van der Waals surface area contributed by atoms with E-state index in [-0.39, 0.29) is 0 Å². The van der Waals surface area contributed by atoms with E-state index in [9.17, 15) is 0 Å². The Morgan fingerprint density at radius 2 is 1.76 bits per heavy atom. The molecule has 0 spiro atoms. The van der Waals surface area contributed by atoms with Gasteiger partial charge in [-0.25, -0.2) is 0 Å². The van der Waals surface area contributed by atoms with Crippen LogP contribution in [0.15, 0.2) is 48.5 Å². The predicted octanol–water partition coefficient (Wildman–Crippen LogP) is 4.75. The Hall–Kier alpha value is -1.26. The number of methoxy groups -OCH3 is 1. The fourth-order valence-electron chi connectivity index (χ4n) is 2.24. The summed E-state index contributed by atoms with van der Waals surface area (Å²) in [6, 6.07) is 16.5. The molecule has 0 bridgehead atoms. The first-order chi connectivity index (χ1) is 10.4. The van der Waals surface area contributed by atoms with Gasteiger partial charge in [-0.15, -0.1) is 23.5 Å². The van der Waals surface area contributed by atoms with E-state index in [1.807, 2.05) is 47.8 Å². The van der Waals surface area contributed by atoms with Crippen LogP contribution >= 0.6 is 23.5 Å². The van der Waals surface area contributed by atoms with Gasteiger partial charge in [0.25, 0.3) is 0 Å². The van der Waals surface area contributed by atoms with Crippen molar-refractivity contribution >= 4 is 23.5 Å². The summed E-state index contributed by atoms with van der Waals surface area (Å²) in [5.41, 5.74) is 2.47. The molecule has 21 heavy (non-hydrogen) atoms. The van der Waals surface area contributed by atoms with E-state index in [0.717, 1.165) is 17.1 Å². The first-order valence-electron chi connectivity index (χ1n) is 6.94. The standard InChI is InChI=1S/C17H18O2S2/c1-18-15-8-7-14(17-20-9-10-21-17)11-16(15)19-12-13-5-3-2-4-6-13/h2-8,11,17H,9-10,12H2,1H3. The summed E-state index contributed by atoms with van der Waals surface area (Å²) in [6.45, 7) is 0.561. The van der Waals surface area contributed by atoms with Crippen LogP contribution in [0.5, 0.6) is 11.5 Å². The molecule has 2 nitrogen and oxygen atoms in total. The normalized spacial score (nSPS) is 15.1. The van der Waals surface area contributed by atoms with Gasteiger partial charge in [0.2, 0.25) is 0 Å². The van der Waals surface area contributed by atoms with Crippen molar-refractivity contribution in [3.8, 4) is 11.5 Å². The van der Waals surface area contributed by atoms with Gasteiger partial charge in [0, 0.05) is 11.5 Å². The van der Waals surface area contributed by atoms with E-state index in [4.69, 9.17) is 9.47 Å². The van der Waals surface area contributed by atoms with E-state index in [2.05, 4.69) is 24.3 Å². The van der Waals surface area contributed by atoms with Gasteiger partial charge in [-0.2, -0.15) is 0 Å². The molecule has 0 unspecified atom stereocenters. The molecule has 0 radical (unpaired) electrons. The van der Waals surface area contributed by atoms with Gasteiger partial charge < -0.3 is 9.47 Å². The molecular weight excluding hydrogens is 300 g/mol. The number of hydrogen-bond acceptors (Lipinski definition) is 4. The topological polar surface area (TPSA) is 18.5 Å². The Kier molecular flexibility index (Phi) is 4.99. The van der Waals surface area contributed by atoms with Crippen LogP contribution < -0.4 is 9.47 Å². The van der Waals surface area contributed by atoms with Gasteiger partial charge in [-0.3, -0.25) is 0 Å². The van der Waals surface area contributed by atoms with Crippen molar-refractivity contribution in [3.63, 3.8) is 0 Å². The maximum atomic E-state index is 5.97. The Bertz CT molecular complexity index is 581. The molecule has 1 aliphatic rings. The second-order valence-electron chi connectivity index (χ2n) is 4.76. The van der Waals surface area contributed by atoms with Gasteiger partial charge in [0.1, 0.15) is 6.61 Å². The summed E-state index contributed by atoms with van der Waals surface area (Å²) in [5, 5.41) is 0. The molecular formula is C17H18O2S2. The van der Waals surface area contributed by atoms with E-state index in [1.54, 1.807) is 7.11 Å². The third-order valence-corrected chi connectivity index (χ3v) is 6.42. The molecule has 110 valence electrons. The lowest BCUT2D eigenvalue weighted by Gasteiger charge is -2.14. The molecule has 0 atom stereocenters. The first-order valence-corrected chi connectivity index (χ1v) is 9.04. The summed E-state index contributed by atoms with van der Waals surface area (Å²) < 4.78 is 11.9. The highest BCUT2D eigenvalue weighted by Crippen LogP contribution is 2.47. The molecule has 4 heteroatoms. The number of rotatable bonds is 5. The number of thioether (sulfide) groups is 2. The van der Waals surface area contributed by atoms with Crippen molar-refractivity contribution in [2.45, 2.75) is 11.2 Å². The Morgan fingerprint density at radius 3 is 2.48 bits per heavy atom. The fourth-order valence-corrected chi connectivity index (χ4v) is 5.08. The minimum Gasteiger partial charge on any atom is -0.493 e. The number of benzene rings is 2. The lowest BCUT2D eigenvalue weighted by atomic mass is 10.2. The van der Waals surface area contributed by atoms with Crippen LogP contribution in [0, 0.1) is 0 Å². The predicted molar refractivity (Wildman–Crippen MR) is 91.4 cm³/mol. The third kappa shape index (κ3) is 3.69. The van der Waals surface area contributed by atoms with Crippen molar-refractivity contribution < 1.29 is 9.47 Å². The quantitative estimate of drug-likeness (QED) is 0.791. The summed E-state index contributed by atoms with van der Waals surface area (Å²) in [7, 11) is 1.68. The highest BCUT2D eigenvalue weighted by atomic mass is 32.2. The first kappa shape index (κ1) is 14.7. The Labute approximate surface area is 134 Å². The molecule has 0 saturated carbocycles. The van der Waals surface area contributed by atoms with Gasteiger partial charge in [-0.1, -0.05) is 36.4 Å². The van der Waals surface area contributed by atoms with E-state index in [0.29, 0.717) is 11.2 Å². The maximum absolute atomic E-state index is 5.97. The SMILES string of the molecule is COc1ccc(C2SCCS2)cc1OCc1ccccc1. The van der Waals surface area contributed by atoms with Crippen molar-refractivity contribution in [1.29, 1.82) is 0 Å². The molecule has 1 aliphatic heterocycles. The second kappa shape index (κ2) is 7.14. The zero-order valence-electron chi connectivity index (χ0n) is 12.0. The van der Waals surface area contributed by atoms with Gasteiger partial charge >= 0.3 is 0 Å². The van der Waals surface area contributed by atoms with Gasteiger partial charge in [0.15, 0.2) is 11.5 Å². The molecule has 0 amide bonds. The van der Waals surface area contributed by atoms with Gasteiger partial charge in [0.05, 0.1) is 11.7 Å². The van der Waals surface area contributed by atoms with Crippen molar-refractivity contribution in [3.05, 3.63) is 59.7 Å². The van der Waals surface area contributed by atoms with Crippen molar-refractivity contribution in [2.75, 3.05) is 18.6 Å². The Morgan fingerprint density at radius 1 is 1.00 bits per heavy atom. The van der Waals surface area contributed by atoms with E-state index < -0.39 is 0 Å². The van der Waals surface area contributed by atoms with Crippen LogP contribution in [-0.2, 0) is 6.61 Å². The summed E-state index contributed by atoms with van der Waals surface area (Å²) >= 11 is 4.00. The molecule has 3 rings (SSSR count). The van der Waals surface area contributed by atoms with E-state index in [1.165, 1.54) is 17.1 Å². The highest BCUT2D eigenvalue weighted by Gasteiger charge is 2.19. The number of ether oxygens (including phenoxy) is 2. The minimum atomic E-state index is 0.523. The second-order valence-corrected chi connectivity index (χ2v) is 7.48. The van der Waals surface area contributed by atoms with Crippen LogP contribution in [-0.4, -0.2) is 18.6 Å². The van der Waals surface area contributed by atoms with Crippen LogP contribution in [0.25, 0.3) is 0 Å². The average molecular weight is 318 g/mol. The molecule has 2 aromatic carbocycles. The van der Waals surface area contributed by atoms with Crippen molar-refractivity contribution in [1.82, 2.24) is 0 Å². The zero-order chi connectivity index (χ0) is 14.5. The summed E-state index contributed by atoms with van der Waals surface area (Å²) in [6.07, 6.45) is 0. The largest absolute Gasteiger partial charge is 0.493 e. The Balaban J connectivity index is 1.76. The van der Waals surface area contributed by atoms with Crippen LogP contribution in [0.3, 0.4) is 0 Å². The molecule has 1 fully saturated rings. The maximum Gasteiger partial charge on any atom is 0.162 e. The van der Waals surface area contributed by atoms with Crippen LogP contribution in [0.1, 0.15) is 15.7 Å².